The molecule has 0 aliphatic carbocycles. The van der Waals surface area contributed by atoms with Crippen LogP contribution in [-0.4, -0.2) is 18.2 Å². The van der Waals surface area contributed by atoms with Gasteiger partial charge in [-0.1, -0.05) is 54.6 Å². The summed E-state index contributed by atoms with van der Waals surface area (Å²) in [5.41, 5.74) is 3.21. The lowest BCUT2D eigenvalue weighted by Gasteiger charge is -2.12. The molecule has 0 bridgehead atoms. The Morgan fingerprint density at radius 3 is 2.36 bits per heavy atom. The first-order valence-electron chi connectivity index (χ1n) is 7.56. The topological polar surface area (TPSA) is 46.5 Å². The minimum atomic E-state index is -0.494. The molecule has 0 saturated heterocycles. The maximum Gasteiger partial charge on any atom is 0.305 e. The van der Waals surface area contributed by atoms with E-state index >= 15 is 0 Å². The highest BCUT2D eigenvalue weighted by atomic mass is 16.5. The maximum absolute atomic E-state index is 11.1. The average Bonchev–Trinajstić information content (AvgIpc) is 2.56. The Hall–Kier alpha value is -2.13. The number of hydrogen-bond acceptors (Lipinski definition) is 3. The van der Waals surface area contributed by atoms with Gasteiger partial charge in [0.2, 0.25) is 0 Å². The number of benzene rings is 2. The normalized spacial score (nSPS) is 11.9. The van der Waals surface area contributed by atoms with Crippen molar-refractivity contribution in [3.63, 3.8) is 0 Å². The van der Waals surface area contributed by atoms with E-state index < -0.39 is 6.10 Å². The summed E-state index contributed by atoms with van der Waals surface area (Å²) in [5, 5.41) is 10.3. The van der Waals surface area contributed by atoms with Crippen LogP contribution in [0.4, 0.5) is 0 Å². The van der Waals surface area contributed by atoms with Gasteiger partial charge in [-0.15, -0.1) is 0 Å². The lowest BCUT2D eigenvalue weighted by molar-refractivity contribution is -0.140. The van der Waals surface area contributed by atoms with Crippen LogP contribution in [0.3, 0.4) is 0 Å². The molecule has 0 saturated carbocycles. The monoisotopic (exact) mass is 298 g/mol. The van der Waals surface area contributed by atoms with E-state index in [0.717, 1.165) is 24.0 Å². The summed E-state index contributed by atoms with van der Waals surface area (Å²) in [6.45, 7) is 0. The molecule has 2 aromatic carbocycles. The van der Waals surface area contributed by atoms with Gasteiger partial charge >= 0.3 is 5.97 Å². The van der Waals surface area contributed by atoms with Crippen LogP contribution in [0.25, 0.3) is 0 Å². The van der Waals surface area contributed by atoms with Crippen molar-refractivity contribution < 1.29 is 14.6 Å². The van der Waals surface area contributed by atoms with Gasteiger partial charge in [-0.05, 0) is 29.5 Å². The molecule has 116 valence electrons. The van der Waals surface area contributed by atoms with Gasteiger partial charge in [0.15, 0.2) is 0 Å². The van der Waals surface area contributed by atoms with Gasteiger partial charge in [0.1, 0.15) is 0 Å². The van der Waals surface area contributed by atoms with Crippen molar-refractivity contribution >= 4 is 5.97 Å². The number of carbonyl (C=O) groups excluding carboxylic acids is 1. The molecule has 0 spiro atoms. The molecule has 2 aromatic rings. The number of rotatable bonds is 7. The van der Waals surface area contributed by atoms with Crippen molar-refractivity contribution in [3.05, 3.63) is 71.3 Å². The quantitative estimate of drug-likeness (QED) is 0.796. The number of ether oxygens (including phenoxy) is 1. The largest absolute Gasteiger partial charge is 0.469 e. The molecule has 1 atom stereocenters. The number of aliphatic hydroxyl groups excluding tert-OH is 1. The molecule has 3 heteroatoms. The summed E-state index contributed by atoms with van der Waals surface area (Å²) in [7, 11) is 1.41. The fraction of sp³-hybridized carbons (Fsp3) is 0.316. The molecule has 0 aromatic heterocycles. The molecular formula is C19H22O3. The average molecular weight is 298 g/mol. The Morgan fingerprint density at radius 1 is 1.05 bits per heavy atom. The highest BCUT2D eigenvalue weighted by molar-refractivity contribution is 5.69. The van der Waals surface area contributed by atoms with Crippen molar-refractivity contribution in [2.45, 2.75) is 31.8 Å². The van der Waals surface area contributed by atoms with Crippen LogP contribution in [0.5, 0.6) is 0 Å². The predicted octanol–water partition coefficient (Wildman–Crippen LogP) is 3.46. The number of esters is 1. The van der Waals surface area contributed by atoms with Crippen LogP contribution >= 0.6 is 0 Å². The van der Waals surface area contributed by atoms with Gasteiger partial charge in [0.05, 0.1) is 13.2 Å². The van der Waals surface area contributed by atoms with E-state index in [0.29, 0.717) is 12.8 Å². The first-order chi connectivity index (χ1) is 10.7. The van der Waals surface area contributed by atoms with Crippen LogP contribution in [0.15, 0.2) is 54.6 Å². The van der Waals surface area contributed by atoms with E-state index in [1.54, 1.807) is 0 Å². The highest BCUT2D eigenvalue weighted by Crippen LogP contribution is 2.19. The molecular weight excluding hydrogens is 276 g/mol. The van der Waals surface area contributed by atoms with E-state index in [4.69, 9.17) is 0 Å². The van der Waals surface area contributed by atoms with Gasteiger partial charge in [0, 0.05) is 12.8 Å². The first-order valence-corrected chi connectivity index (χ1v) is 7.56. The fourth-order valence-corrected chi connectivity index (χ4v) is 2.40. The minimum absolute atomic E-state index is 0.171. The van der Waals surface area contributed by atoms with Crippen molar-refractivity contribution in [2.24, 2.45) is 0 Å². The van der Waals surface area contributed by atoms with Crippen LogP contribution in [0.2, 0.25) is 0 Å². The van der Waals surface area contributed by atoms with Crippen molar-refractivity contribution in [2.75, 3.05) is 7.11 Å². The number of hydrogen-bond donors (Lipinski definition) is 1. The summed E-state index contributed by atoms with van der Waals surface area (Å²) in [6, 6.07) is 17.9. The zero-order valence-corrected chi connectivity index (χ0v) is 12.9. The molecule has 22 heavy (non-hydrogen) atoms. The summed E-state index contributed by atoms with van der Waals surface area (Å²) in [4.78, 5) is 11.1. The molecule has 0 radical (unpaired) electrons. The van der Waals surface area contributed by atoms with Gasteiger partial charge in [0.25, 0.3) is 0 Å². The van der Waals surface area contributed by atoms with E-state index in [1.165, 1.54) is 12.7 Å². The van der Waals surface area contributed by atoms with Gasteiger partial charge in [-0.3, -0.25) is 4.79 Å². The zero-order valence-electron chi connectivity index (χ0n) is 12.9. The second kappa shape index (κ2) is 8.35. The Labute approximate surface area is 131 Å². The molecule has 0 amide bonds. The zero-order chi connectivity index (χ0) is 15.8. The van der Waals surface area contributed by atoms with E-state index in [-0.39, 0.29) is 5.97 Å². The highest BCUT2D eigenvalue weighted by Gasteiger charge is 2.08. The summed E-state index contributed by atoms with van der Waals surface area (Å²) < 4.78 is 4.62. The Morgan fingerprint density at radius 2 is 1.73 bits per heavy atom. The standard InChI is InChI=1S/C19H22O3/c1-22-19(21)9-5-8-15-10-12-17(13-11-15)18(20)14-16-6-3-2-4-7-16/h2-4,6-7,10-13,18,20H,5,8-9,14H2,1H3. The lowest BCUT2D eigenvalue weighted by atomic mass is 9.99. The molecule has 0 aliphatic rings. The van der Waals surface area contributed by atoms with Crippen molar-refractivity contribution in [3.8, 4) is 0 Å². The Bertz CT molecular complexity index is 575. The molecule has 1 unspecified atom stereocenters. The number of aliphatic hydroxyl groups is 1. The molecule has 1 N–H and O–H groups in total. The second-order valence-electron chi connectivity index (χ2n) is 5.38. The summed E-state index contributed by atoms with van der Waals surface area (Å²) >= 11 is 0. The van der Waals surface area contributed by atoms with Crippen molar-refractivity contribution in [1.29, 1.82) is 0 Å². The Kier molecular flexibility index (Phi) is 6.16. The van der Waals surface area contributed by atoms with Gasteiger partial charge in [-0.25, -0.2) is 0 Å². The fourth-order valence-electron chi connectivity index (χ4n) is 2.40. The van der Waals surface area contributed by atoms with Crippen LogP contribution in [0, 0.1) is 0 Å². The maximum atomic E-state index is 11.1. The minimum Gasteiger partial charge on any atom is -0.469 e. The summed E-state index contributed by atoms with van der Waals surface area (Å²) in [6.07, 6.45) is 2.17. The van der Waals surface area contributed by atoms with Crippen LogP contribution in [0.1, 0.15) is 35.6 Å². The third-order valence-electron chi connectivity index (χ3n) is 3.71. The van der Waals surface area contributed by atoms with E-state index in [9.17, 15) is 9.90 Å². The first kappa shape index (κ1) is 16.2. The van der Waals surface area contributed by atoms with Crippen LogP contribution in [-0.2, 0) is 22.4 Å². The third kappa shape index (κ3) is 5.01. The second-order valence-corrected chi connectivity index (χ2v) is 5.38. The molecule has 0 aliphatic heterocycles. The number of methoxy groups -OCH3 is 1. The number of carbonyl (C=O) groups is 1. The SMILES string of the molecule is COC(=O)CCCc1ccc(C(O)Cc2ccccc2)cc1. The van der Waals surface area contributed by atoms with Gasteiger partial charge in [-0.2, -0.15) is 0 Å². The lowest BCUT2D eigenvalue weighted by Crippen LogP contribution is -2.02. The Balaban J connectivity index is 1.87. The van der Waals surface area contributed by atoms with E-state index in [1.807, 2.05) is 54.6 Å². The molecule has 3 nitrogen and oxygen atoms in total. The molecule has 0 heterocycles. The number of aryl methyl sites for hydroxylation is 1. The molecule has 0 fully saturated rings. The molecule has 2 rings (SSSR count). The van der Waals surface area contributed by atoms with E-state index in [2.05, 4.69) is 4.74 Å². The predicted molar refractivity (Wildman–Crippen MR) is 86.5 cm³/mol. The summed E-state index contributed by atoms with van der Waals surface area (Å²) in [5.74, 6) is -0.171. The smallest absolute Gasteiger partial charge is 0.305 e. The van der Waals surface area contributed by atoms with Crippen molar-refractivity contribution in [1.82, 2.24) is 0 Å². The van der Waals surface area contributed by atoms with Gasteiger partial charge < -0.3 is 9.84 Å². The third-order valence-corrected chi connectivity index (χ3v) is 3.71. The van der Waals surface area contributed by atoms with Crippen LogP contribution < -0.4 is 0 Å².